The van der Waals surface area contributed by atoms with Crippen LogP contribution in [-0.2, 0) is 23.4 Å². The van der Waals surface area contributed by atoms with E-state index in [0.29, 0.717) is 28.3 Å². The zero-order valence-electron chi connectivity index (χ0n) is 17.1. The Labute approximate surface area is 185 Å². The van der Waals surface area contributed by atoms with Gasteiger partial charge in [0, 0.05) is 5.02 Å². The van der Waals surface area contributed by atoms with Crippen LogP contribution in [-0.4, -0.2) is 26.5 Å². The number of fused-ring (bicyclic) bond motifs is 1. The Morgan fingerprint density at radius 2 is 1.90 bits per heavy atom. The molecule has 0 aliphatic carbocycles. The van der Waals surface area contributed by atoms with Gasteiger partial charge in [-0.1, -0.05) is 68.4 Å². The molecule has 1 amide bonds. The number of amides is 1. The Morgan fingerprint density at radius 3 is 2.60 bits per heavy atom. The average Bonchev–Trinajstić information content (AvgIpc) is 3.11. The Morgan fingerprint density at radius 1 is 1.13 bits per heavy atom. The van der Waals surface area contributed by atoms with E-state index in [1.165, 1.54) is 17.3 Å². The molecular weight excluding hydrogens is 420 g/mol. The topological polar surface area (TPSA) is 60.3 Å². The molecule has 0 bridgehead atoms. The van der Waals surface area contributed by atoms with E-state index in [4.69, 9.17) is 16.3 Å². The first-order valence-electron chi connectivity index (χ1n) is 9.67. The van der Waals surface area contributed by atoms with Crippen LogP contribution in [0.1, 0.15) is 37.7 Å². The molecule has 156 valence electrons. The lowest BCUT2D eigenvalue weighted by molar-refractivity contribution is -0.118. The second-order valence-corrected chi connectivity index (χ2v) is 9.52. The van der Waals surface area contributed by atoms with Crippen LogP contribution in [0.25, 0.3) is 0 Å². The highest BCUT2D eigenvalue weighted by atomic mass is 35.5. The van der Waals surface area contributed by atoms with Gasteiger partial charge in [0.05, 0.1) is 12.3 Å². The number of benzene rings is 2. The van der Waals surface area contributed by atoms with Crippen LogP contribution < -0.4 is 9.75 Å². The molecule has 1 aliphatic rings. The Kier molecular flexibility index (Phi) is 5.75. The van der Waals surface area contributed by atoms with Gasteiger partial charge in [-0.2, -0.15) is 0 Å². The number of halogens is 1. The van der Waals surface area contributed by atoms with Gasteiger partial charge < -0.3 is 4.74 Å². The summed E-state index contributed by atoms with van der Waals surface area (Å²) >= 11 is 7.48. The number of carbonyl (C=O) groups is 1. The minimum Gasteiger partial charge on any atom is -0.486 e. The van der Waals surface area contributed by atoms with E-state index in [9.17, 15) is 4.79 Å². The number of hydrogen-bond donors (Lipinski definition) is 0. The average molecular weight is 443 g/mol. The van der Waals surface area contributed by atoms with E-state index in [2.05, 4.69) is 43.1 Å². The van der Waals surface area contributed by atoms with Crippen LogP contribution in [0.3, 0.4) is 0 Å². The van der Waals surface area contributed by atoms with Crippen molar-refractivity contribution in [2.45, 2.75) is 44.5 Å². The molecule has 0 spiro atoms. The zero-order valence-corrected chi connectivity index (χ0v) is 18.7. The van der Waals surface area contributed by atoms with E-state index in [1.54, 1.807) is 9.69 Å². The highest BCUT2D eigenvalue weighted by molar-refractivity contribution is 7.99. The number of carbonyl (C=O) groups excluding carboxylic acids is 1. The first-order chi connectivity index (χ1) is 14.3. The number of nitrogens with zero attached hydrogens (tertiary/aromatic N) is 4. The van der Waals surface area contributed by atoms with E-state index in [0.717, 1.165) is 11.3 Å². The first-order valence-corrected chi connectivity index (χ1v) is 11.0. The Balaban J connectivity index is 1.53. The molecule has 0 atom stereocenters. The summed E-state index contributed by atoms with van der Waals surface area (Å²) in [6, 6.07) is 15.5. The van der Waals surface area contributed by atoms with Crippen molar-refractivity contribution in [3.8, 4) is 5.75 Å². The summed E-state index contributed by atoms with van der Waals surface area (Å²) in [5, 5.41) is 11.5. The monoisotopic (exact) mass is 442 g/mol. The molecule has 2 aromatic carbocycles. The normalized spacial score (nSPS) is 14.0. The van der Waals surface area contributed by atoms with Gasteiger partial charge in [0.15, 0.2) is 5.82 Å². The lowest BCUT2D eigenvalue weighted by Gasteiger charge is -2.29. The van der Waals surface area contributed by atoms with Gasteiger partial charge in [0.1, 0.15) is 12.4 Å². The predicted octanol–water partition coefficient (Wildman–Crippen LogP) is 4.58. The third kappa shape index (κ3) is 4.47. The zero-order chi connectivity index (χ0) is 21.3. The second kappa shape index (κ2) is 8.32. The molecule has 0 unspecified atom stereocenters. The fraction of sp³-hybridized carbons (Fsp3) is 0.318. The first kappa shape index (κ1) is 20.8. The van der Waals surface area contributed by atoms with Crippen LogP contribution >= 0.6 is 23.4 Å². The van der Waals surface area contributed by atoms with Crippen molar-refractivity contribution in [3.05, 3.63) is 70.5 Å². The Hall–Kier alpha value is -2.51. The molecule has 0 saturated heterocycles. The summed E-state index contributed by atoms with van der Waals surface area (Å²) in [5.41, 5.74) is 2.26. The van der Waals surface area contributed by atoms with Crippen molar-refractivity contribution in [1.29, 1.82) is 0 Å². The SMILES string of the molecule is CC(C)(C)c1ccc(OCc2nnc3n2N(Cc2cccc(Cl)c2)C(=O)CS3)cc1. The number of rotatable bonds is 5. The van der Waals surface area contributed by atoms with Crippen molar-refractivity contribution < 1.29 is 9.53 Å². The molecule has 0 radical (unpaired) electrons. The maximum absolute atomic E-state index is 12.7. The van der Waals surface area contributed by atoms with Gasteiger partial charge in [-0.3, -0.25) is 4.79 Å². The van der Waals surface area contributed by atoms with E-state index >= 15 is 0 Å². The van der Waals surface area contributed by atoms with Crippen molar-refractivity contribution in [2.24, 2.45) is 0 Å². The van der Waals surface area contributed by atoms with Gasteiger partial charge in [-0.15, -0.1) is 10.2 Å². The van der Waals surface area contributed by atoms with E-state index in [1.807, 2.05) is 36.4 Å². The minimum absolute atomic E-state index is 0.0111. The van der Waals surface area contributed by atoms with Gasteiger partial charge in [0.25, 0.3) is 5.91 Å². The van der Waals surface area contributed by atoms with Crippen molar-refractivity contribution in [1.82, 2.24) is 14.9 Å². The lowest BCUT2D eigenvalue weighted by atomic mass is 9.87. The molecule has 8 heteroatoms. The standard InChI is InChI=1S/C22H23ClN4O2S/c1-22(2,3)16-7-9-18(10-8-16)29-13-19-24-25-21-27(19)26(20(28)14-30-21)12-15-5-4-6-17(23)11-15/h4-11H,12-14H2,1-3H3. The fourth-order valence-electron chi connectivity index (χ4n) is 3.20. The number of ether oxygens (including phenoxy) is 1. The molecule has 1 aliphatic heterocycles. The van der Waals surface area contributed by atoms with E-state index < -0.39 is 0 Å². The molecule has 0 fully saturated rings. The van der Waals surface area contributed by atoms with Gasteiger partial charge in [-0.05, 0) is 40.8 Å². The highest BCUT2D eigenvalue weighted by Crippen LogP contribution is 2.27. The predicted molar refractivity (Wildman–Crippen MR) is 119 cm³/mol. The fourth-order valence-corrected chi connectivity index (χ4v) is 4.24. The van der Waals surface area contributed by atoms with E-state index in [-0.39, 0.29) is 17.9 Å². The summed E-state index contributed by atoms with van der Waals surface area (Å²) in [7, 11) is 0. The number of thioether (sulfide) groups is 1. The third-order valence-electron chi connectivity index (χ3n) is 4.84. The van der Waals surface area contributed by atoms with Crippen molar-refractivity contribution >= 4 is 29.3 Å². The van der Waals surface area contributed by atoms with Crippen LogP contribution in [0.2, 0.25) is 5.02 Å². The quantitative estimate of drug-likeness (QED) is 0.578. The number of aromatic nitrogens is 3. The van der Waals surface area contributed by atoms with Crippen LogP contribution in [0.15, 0.2) is 53.7 Å². The summed E-state index contributed by atoms with van der Waals surface area (Å²) in [5.74, 6) is 1.64. The molecule has 6 nitrogen and oxygen atoms in total. The molecular formula is C22H23ClN4O2S. The minimum atomic E-state index is -0.0111. The van der Waals surface area contributed by atoms with Gasteiger partial charge in [0.2, 0.25) is 5.16 Å². The van der Waals surface area contributed by atoms with Crippen LogP contribution in [0.5, 0.6) is 5.75 Å². The van der Waals surface area contributed by atoms with Crippen LogP contribution in [0, 0.1) is 0 Å². The van der Waals surface area contributed by atoms with Crippen LogP contribution in [0.4, 0.5) is 0 Å². The summed E-state index contributed by atoms with van der Waals surface area (Å²) in [6.07, 6.45) is 0. The maximum Gasteiger partial charge on any atom is 0.252 e. The summed E-state index contributed by atoms with van der Waals surface area (Å²) < 4.78 is 7.70. The summed E-state index contributed by atoms with van der Waals surface area (Å²) in [6.45, 7) is 7.12. The molecule has 0 saturated carbocycles. The maximum atomic E-state index is 12.7. The molecule has 2 heterocycles. The second-order valence-electron chi connectivity index (χ2n) is 8.14. The van der Waals surface area contributed by atoms with Crippen molar-refractivity contribution in [2.75, 3.05) is 10.8 Å². The molecule has 3 aromatic rings. The largest absolute Gasteiger partial charge is 0.486 e. The van der Waals surface area contributed by atoms with Gasteiger partial charge >= 0.3 is 0 Å². The van der Waals surface area contributed by atoms with Crippen molar-refractivity contribution in [3.63, 3.8) is 0 Å². The molecule has 0 N–H and O–H groups in total. The lowest BCUT2D eigenvalue weighted by Crippen LogP contribution is -2.45. The highest BCUT2D eigenvalue weighted by Gasteiger charge is 2.29. The molecule has 4 rings (SSSR count). The third-order valence-corrected chi connectivity index (χ3v) is 5.98. The number of hydrogen-bond acceptors (Lipinski definition) is 5. The molecule has 1 aromatic heterocycles. The molecule has 30 heavy (non-hydrogen) atoms. The Bertz CT molecular complexity index is 1060. The van der Waals surface area contributed by atoms with Gasteiger partial charge in [-0.25, -0.2) is 9.69 Å². The summed E-state index contributed by atoms with van der Waals surface area (Å²) in [4.78, 5) is 12.7. The smallest absolute Gasteiger partial charge is 0.252 e.